The Morgan fingerprint density at radius 1 is 1.00 bits per heavy atom. The van der Waals surface area contributed by atoms with Gasteiger partial charge in [-0.05, 0) is 69.1 Å². The molecule has 0 aliphatic heterocycles. The molecule has 0 radical (unpaired) electrons. The second-order valence-electron chi connectivity index (χ2n) is 5.64. The first kappa shape index (κ1) is 12.1. The molecule has 1 unspecified atom stereocenters. The molecular weight excluding hydrogens is 262 g/mol. The van der Waals surface area contributed by atoms with E-state index in [0.29, 0.717) is 0 Å². The minimum absolute atomic E-state index is 0.0221. The van der Waals surface area contributed by atoms with Gasteiger partial charge in [-0.25, -0.2) is 0 Å². The summed E-state index contributed by atoms with van der Waals surface area (Å²) in [5, 5.41) is 7.15. The summed E-state index contributed by atoms with van der Waals surface area (Å²) in [4.78, 5) is 0. The number of benzene rings is 2. The Labute approximate surface area is 123 Å². The average Bonchev–Trinajstić information content (AvgIpc) is 3.07. The number of nitrogens with two attached hydrogens (primary N) is 1. The van der Waals surface area contributed by atoms with Crippen LogP contribution < -0.4 is 5.73 Å². The molecule has 3 aromatic rings. The van der Waals surface area contributed by atoms with Gasteiger partial charge in [-0.1, -0.05) is 30.3 Å². The lowest BCUT2D eigenvalue weighted by molar-refractivity contribution is 0.876. The zero-order chi connectivity index (χ0) is 13.7. The van der Waals surface area contributed by atoms with E-state index < -0.39 is 0 Å². The van der Waals surface area contributed by atoms with Gasteiger partial charge in [-0.3, -0.25) is 0 Å². The summed E-state index contributed by atoms with van der Waals surface area (Å²) >= 11 is 1.73. The molecule has 0 fully saturated rings. The molecule has 4 rings (SSSR count). The summed E-state index contributed by atoms with van der Waals surface area (Å²) < 4.78 is 0. The first-order valence-electron chi connectivity index (χ1n) is 7.07. The fraction of sp³-hybridized carbons (Fsp3) is 0.222. The molecule has 2 heteroatoms. The number of aryl methyl sites for hydroxylation is 3. The topological polar surface area (TPSA) is 26.0 Å². The van der Waals surface area contributed by atoms with E-state index in [-0.39, 0.29) is 6.04 Å². The molecule has 2 N–H and O–H groups in total. The molecule has 0 amide bonds. The van der Waals surface area contributed by atoms with Crippen LogP contribution >= 0.6 is 11.3 Å². The Kier molecular flexibility index (Phi) is 2.69. The highest BCUT2D eigenvalue weighted by molar-refractivity contribution is 7.08. The van der Waals surface area contributed by atoms with Gasteiger partial charge in [0.05, 0.1) is 6.04 Å². The zero-order valence-corrected chi connectivity index (χ0v) is 12.3. The Balaban J connectivity index is 1.96. The van der Waals surface area contributed by atoms with E-state index in [1.165, 1.54) is 51.4 Å². The summed E-state index contributed by atoms with van der Waals surface area (Å²) in [5.74, 6) is 0. The highest BCUT2D eigenvalue weighted by atomic mass is 32.1. The quantitative estimate of drug-likeness (QED) is 0.741. The average molecular weight is 279 g/mol. The molecule has 2 aromatic carbocycles. The van der Waals surface area contributed by atoms with Crippen molar-refractivity contribution in [2.75, 3.05) is 0 Å². The van der Waals surface area contributed by atoms with E-state index in [9.17, 15) is 0 Å². The summed E-state index contributed by atoms with van der Waals surface area (Å²) in [6.07, 6.45) is 2.34. The highest BCUT2D eigenvalue weighted by Crippen LogP contribution is 2.36. The molecular formula is C18H17NS. The normalized spacial score (nSPS) is 14.9. The van der Waals surface area contributed by atoms with Crippen molar-refractivity contribution in [1.82, 2.24) is 0 Å². The van der Waals surface area contributed by atoms with Crippen LogP contribution in [0.15, 0.2) is 41.1 Å². The van der Waals surface area contributed by atoms with Crippen molar-refractivity contribution in [1.29, 1.82) is 0 Å². The van der Waals surface area contributed by atoms with E-state index in [1.807, 2.05) is 0 Å². The lowest BCUT2D eigenvalue weighted by Gasteiger charge is -2.16. The van der Waals surface area contributed by atoms with Gasteiger partial charge in [-0.2, -0.15) is 11.3 Å². The predicted octanol–water partition coefficient (Wildman–Crippen LogP) is 4.36. The Morgan fingerprint density at radius 3 is 2.55 bits per heavy atom. The number of thiophene rings is 1. The first-order valence-corrected chi connectivity index (χ1v) is 8.01. The molecule has 0 bridgehead atoms. The molecule has 0 saturated carbocycles. The van der Waals surface area contributed by atoms with Gasteiger partial charge in [-0.15, -0.1) is 0 Å². The molecule has 0 saturated heterocycles. The second-order valence-corrected chi connectivity index (χ2v) is 6.38. The summed E-state index contributed by atoms with van der Waals surface area (Å²) in [7, 11) is 0. The molecule has 1 aliphatic carbocycles. The summed E-state index contributed by atoms with van der Waals surface area (Å²) in [6.45, 7) is 2.14. The number of hydrogen-bond acceptors (Lipinski definition) is 2. The fourth-order valence-electron chi connectivity index (χ4n) is 3.40. The van der Waals surface area contributed by atoms with Crippen LogP contribution in [0.5, 0.6) is 0 Å². The first-order chi connectivity index (χ1) is 9.75. The number of hydrogen-bond donors (Lipinski definition) is 1. The van der Waals surface area contributed by atoms with Crippen LogP contribution in [0, 0.1) is 6.92 Å². The largest absolute Gasteiger partial charge is 0.320 e. The summed E-state index contributed by atoms with van der Waals surface area (Å²) in [5.41, 5.74) is 13.3. The van der Waals surface area contributed by atoms with Gasteiger partial charge in [0.25, 0.3) is 0 Å². The van der Waals surface area contributed by atoms with Crippen molar-refractivity contribution in [3.8, 4) is 0 Å². The maximum Gasteiger partial charge on any atom is 0.0568 e. The third-order valence-corrected chi connectivity index (χ3v) is 5.36. The Hall–Kier alpha value is -1.64. The maximum absolute atomic E-state index is 6.55. The van der Waals surface area contributed by atoms with Crippen LogP contribution in [0.3, 0.4) is 0 Å². The minimum atomic E-state index is -0.0221. The van der Waals surface area contributed by atoms with Crippen molar-refractivity contribution < 1.29 is 0 Å². The molecule has 100 valence electrons. The van der Waals surface area contributed by atoms with Crippen LogP contribution in [-0.2, 0) is 12.8 Å². The van der Waals surface area contributed by atoms with Crippen molar-refractivity contribution in [2.24, 2.45) is 5.73 Å². The highest BCUT2D eigenvalue weighted by Gasteiger charge is 2.20. The fourth-order valence-corrected chi connectivity index (χ4v) is 4.28. The Bertz CT molecular complexity index is 790. The van der Waals surface area contributed by atoms with E-state index in [4.69, 9.17) is 5.73 Å². The van der Waals surface area contributed by atoms with Crippen LogP contribution in [0.25, 0.3) is 10.8 Å². The molecule has 0 spiro atoms. The smallest absolute Gasteiger partial charge is 0.0568 e. The van der Waals surface area contributed by atoms with E-state index in [0.717, 1.165) is 0 Å². The zero-order valence-electron chi connectivity index (χ0n) is 11.5. The van der Waals surface area contributed by atoms with Gasteiger partial charge in [0.15, 0.2) is 0 Å². The lowest BCUT2D eigenvalue weighted by atomic mass is 9.92. The molecule has 1 nitrogen and oxygen atoms in total. The predicted molar refractivity (Wildman–Crippen MR) is 86.4 cm³/mol. The lowest BCUT2D eigenvalue weighted by Crippen LogP contribution is -2.12. The van der Waals surface area contributed by atoms with E-state index in [1.54, 1.807) is 11.3 Å². The van der Waals surface area contributed by atoms with E-state index >= 15 is 0 Å². The van der Waals surface area contributed by atoms with E-state index in [2.05, 4.69) is 48.0 Å². The van der Waals surface area contributed by atoms with Crippen molar-refractivity contribution in [3.63, 3.8) is 0 Å². The standard InChI is InChI=1S/C18H17NS/c1-11-9-20-10-16(11)18(19)15-8-7-13-6-5-12-3-2-4-14(15)17(12)13/h2-4,7-10,18H,5-6,19H2,1H3. The van der Waals surface area contributed by atoms with Crippen molar-refractivity contribution in [2.45, 2.75) is 25.8 Å². The third-order valence-electron chi connectivity index (χ3n) is 4.48. The van der Waals surface area contributed by atoms with Gasteiger partial charge in [0.2, 0.25) is 0 Å². The van der Waals surface area contributed by atoms with Gasteiger partial charge >= 0.3 is 0 Å². The third kappa shape index (κ3) is 1.65. The monoisotopic (exact) mass is 279 g/mol. The van der Waals surface area contributed by atoms with Gasteiger partial charge in [0.1, 0.15) is 0 Å². The van der Waals surface area contributed by atoms with Crippen LogP contribution in [0.1, 0.15) is 33.9 Å². The Morgan fingerprint density at radius 2 is 1.80 bits per heavy atom. The van der Waals surface area contributed by atoms with Crippen LogP contribution in [-0.4, -0.2) is 0 Å². The van der Waals surface area contributed by atoms with Gasteiger partial charge < -0.3 is 5.73 Å². The van der Waals surface area contributed by atoms with Crippen molar-refractivity contribution >= 4 is 22.1 Å². The SMILES string of the molecule is Cc1cscc1C(N)c1ccc2c3c(cccc13)CC2. The number of rotatable bonds is 2. The summed E-state index contributed by atoms with van der Waals surface area (Å²) in [6, 6.07) is 11.1. The van der Waals surface area contributed by atoms with Gasteiger partial charge in [0, 0.05) is 0 Å². The van der Waals surface area contributed by atoms with Crippen LogP contribution in [0.4, 0.5) is 0 Å². The second kappa shape index (κ2) is 4.44. The molecule has 20 heavy (non-hydrogen) atoms. The van der Waals surface area contributed by atoms with Crippen LogP contribution in [0.2, 0.25) is 0 Å². The van der Waals surface area contributed by atoms with Crippen molar-refractivity contribution in [3.05, 3.63) is 68.9 Å². The molecule has 1 atom stereocenters. The minimum Gasteiger partial charge on any atom is -0.320 e. The molecule has 1 aliphatic rings. The molecule has 1 heterocycles. The molecule has 1 aromatic heterocycles. The maximum atomic E-state index is 6.55.